The molecule has 2 heterocycles. The Morgan fingerprint density at radius 2 is 2.15 bits per heavy atom. The predicted octanol–water partition coefficient (Wildman–Crippen LogP) is 1.12. The van der Waals surface area contributed by atoms with E-state index in [1.54, 1.807) is 4.68 Å². The number of ether oxygens (including phenoxy) is 1. The van der Waals surface area contributed by atoms with Gasteiger partial charge in [0.25, 0.3) is 0 Å². The van der Waals surface area contributed by atoms with Gasteiger partial charge in [-0.25, -0.2) is 0 Å². The van der Waals surface area contributed by atoms with E-state index < -0.39 is 5.78 Å². The summed E-state index contributed by atoms with van der Waals surface area (Å²) >= 11 is 0. The monoisotopic (exact) mass is 279 g/mol. The fourth-order valence-electron chi connectivity index (χ4n) is 2.89. The van der Waals surface area contributed by atoms with Gasteiger partial charge in [0.2, 0.25) is 5.78 Å². The molecule has 1 aliphatic rings. The zero-order valence-electron chi connectivity index (χ0n) is 12.3. The van der Waals surface area contributed by atoms with Gasteiger partial charge in [-0.05, 0) is 26.7 Å². The Morgan fingerprint density at radius 3 is 2.70 bits per heavy atom. The average molecular weight is 279 g/mol. The molecule has 1 aromatic heterocycles. The summed E-state index contributed by atoms with van der Waals surface area (Å²) < 4.78 is 7.10. The van der Waals surface area contributed by atoms with Crippen LogP contribution in [0.15, 0.2) is 0 Å². The number of aldehydes is 1. The number of aryl methyl sites for hydroxylation is 1. The predicted molar refractivity (Wildman–Crippen MR) is 75.2 cm³/mol. The maximum Gasteiger partial charge on any atom is 0.245 e. The van der Waals surface area contributed by atoms with Crippen LogP contribution in [0.5, 0.6) is 0 Å². The quantitative estimate of drug-likeness (QED) is 0.459. The van der Waals surface area contributed by atoms with E-state index in [1.165, 1.54) is 0 Å². The van der Waals surface area contributed by atoms with Crippen LogP contribution in [0.25, 0.3) is 0 Å². The third kappa shape index (κ3) is 2.60. The molecule has 0 aliphatic carbocycles. The van der Waals surface area contributed by atoms with Gasteiger partial charge in [-0.2, -0.15) is 5.10 Å². The summed E-state index contributed by atoms with van der Waals surface area (Å²) in [6, 6.07) is 0.391. The largest absolute Gasteiger partial charge is 0.381 e. The lowest BCUT2D eigenvalue weighted by molar-refractivity contribution is -0.104. The van der Waals surface area contributed by atoms with E-state index in [4.69, 9.17) is 4.74 Å². The van der Waals surface area contributed by atoms with Crippen molar-refractivity contribution in [1.29, 1.82) is 0 Å². The lowest BCUT2D eigenvalue weighted by Gasteiger charge is -2.35. The SMILES string of the molecule is CCN(c1c(C)c(C(=O)C=O)nn1C)C1CCOCC1. The van der Waals surface area contributed by atoms with Gasteiger partial charge in [-0.3, -0.25) is 14.3 Å². The summed E-state index contributed by atoms with van der Waals surface area (Å²) in [5, 5.41) is 4.21. The second-order valence-corrected chi connectivity index (χ2v) is 5.03. The number of anilines is 1. The normalized spacial score (nSPS) is 16.1. The van der Waals surface area contributed by atoms with E-state index >= 15 is 0 Å². The Kier molecular flexibility index (Phi) is 4.54. The van der Waals surface area contributed by atoms with Crippen molar-refractivity contribution in [2.45, 2.75) is 32.7 Å². The number of nitrogens with zero attached hydrogens (tertiary/aromatic N) is 3. The van der Waals surface area contributed by atoms with Crippen molar-refractivity contribution in [2.24, 2.45) is 7.05 Å². The maximum absolute atomic E-state index is 11.6. The summed E-state index contributed by atoms with van der Waals surface area (Å²) in [5.74, 6) is 0.358. The van der Waals surface area contributed by atoms with E-state index in [-0.39, 0.29) is 5.69 Å². The Morgan fingerprint density at radius 1 is 1.50 bits per heavy atom. The standard InChI is InChI=1S/C14H21N3O3/c1-4-17(11-5-7-20-8-6-11)14-10(2)13(12(19)9-18)15-16(14)3/h9,11H,4-8H2,1-3H3. The average Bonchev–Trinajstić information content (AvgIpc) is 2.77. The molecular formula is C14H21N3O3. The van der Waals surface area contributed by atoms with Crippen LogP contribution in [-0.2, 0) is 16.6 Å². The Balaban J connectivity index is 2.36. The zero-order chi connectivity index (χ0) is 14.7. The minimum atomic E-state index is -0.563. The molecule has 0 amide bonds. The van der Waals surface area contributed by atoms with Crippen molar-refractivity contribution in [3.8, 4) is 0 Å². The molecule has 1 aliphatic heterocycles. The van der Waals surface area contributed by atoms with Crippen molar-refractivity contribution in [2.75, 3.05) is 24.7 Å². The van der Waals surface area contributed by atoms with Gasteiger partial charge in [0.1, 0.15) is 11.5 Å². The number of hydrogen-bond acceptors (Lipinski definition) is 5. The van der Waals surface area contributed by atoms with Crippen LogP contribution >= 0.6 is 0 Å². The van der Waals surface area contributed by atoms with E-state index in [2.05, 4.69) is 16.9 Å². The molecule has 0 N–H and O–H groups in total. The summed E-state index contributed by atoms with van der Waals surface area (Å²) in [6.07, 6.45) is 2.26. The molecule has 0 radical (unpaired) electrons. The zero-order valence-corrected chi connectivity index (χ0v) is 12.3. The summed E-state index contributed by atoms with van der Waals surface area (Å²) in [7, 11) is 1.81. The summed E-state index contributed by atoms with van der Waals surface area (Å²) in [6.45, 7) is 6.29. The van der Waals surface area contributed by atoms with Gasteiger partial charge in [-0.15, -0.1) is 0 Å². The first-order valence-corrected chi connectivity index (χ1v) is 6.97. The molecule has 0 aromatic carbocycles. The highest BCUT2D eigenvalue weighted by Crippen LogP contribution is 2.27. The molecule has 1 saturated heterocycles. The van der Waals surface area contributed by atoms with Crippen LogP contribution in [0.2, 0.25) is 0 Å². The van der Waals surface area contributed by atoms with Crippen molar-refractivity contribution < 1.29 is 14.3 Å². The van der Waals surface area contributed by atoms with Gasteiger partial charge in [0, 0.05) is 38.4 Å². The highest BCUT2D eigenvalue weighted by Gasteiger charge is 2.27. The summed E-state index contributed by atoms with van der Waals surface area (Å²) in [4.78, 5) is 24.6. The molecule has 0 bridgehead atoms. The molecule has 0 unspecified atom stereocenters. The minimum Gasteiger partial charge on any atom is -0.381 e. The fraction of sp³-hybridized carbons (Fsp3) is 0.643. The molecule has 1 fully saturated rings. The van der Waals surface area contributed by atoms with Gasteiger partial charge >= 0.3 is 0 Å². The first-order valence-electron chi connectivity index (χ1n) is 6.97. The Hall–Kier alpha value is -1.69. The summed E-state index contributed by atoms with van der Waals surface area (Å²) in [5.41, 5.74) is 1.03. The number of ketones is 1. The molecule has 6 heteroatoms. The molecule has 110 valence electrons. The molecule has 0 spiro atoms. The first kappa shape index (κ1) is 14.7. The van der Waals surface area contributed by atoms with Crippen LogP contribution in [0, 0.1) is 6.92 Å². The van der Waals surface area contributed by atoms with Crippen LogP contribution in [0.4, 0.5) is 5.82 Å². The molecule has 1 aromatic rings. The highest BCUT2D eigenvalue weighted by atomic mass is 16.5. The molecule has 6 nitrogen and oxygen atoms in total. The van der Waals surface area contributed by atoms with Crippen molar-refractivity contribution in [3.05, 3.63) is 11.3 Å². The van der Waals surface area contributed by atoms with Crippen LogP contribution in [-0.4, -0.2) is 47.7 Å². The van der Waals surface area contributed by atoms with Gasteiger partial charge < -0.3 is 9.64 Å². The number of carbonyl (C=O) groups excluding carboxylic acids is 2. The van der Waals surface area contributed by atoms with Gasteiger partial charge in [0.05, 0.1) is 0 Å². The van der Waals surface area contributed by atoms with E-state index in [0.29, 0.717) is 12.3 Å². The molecule has 0 atom stereocenters. The van der Waals surface area contributed by atoms with Crippen LogP contribution in [0.1, 0.15) is 35.8 Å². The van der Waals surface area contributed by atoms with E-state index in [0.717, 1.165) is 44.0 Å². The third-order valence-electron chi connectivity index (χ3n) is 3.83. The molecule has 2 rings (SSSR count). The minimum absolute atomic E-state index is 0.253. The number of rotatable bonds is 5. The lowest BCUT2D eigenvalue weighted by atomic mass is 10.1. The van der Waals surface area contributed by atoms with Crippen molar-refractivity contribution in [3.63, 3.8) is 0 Å². The van der Waals surface area contributed by atoms with Gasteiger partial charge in [-0.1, -0.05) is 0 Å². The van der Waals surface area contributed by atoms with E-state index in [9.17, 15) is 9.59 Å². The Labute approximate surface area is 118 Å². The molecule has 0 saturated carbocycles. The maximum atomic E-state index is 11.6. The molecule has 20 heavy (non-hydrogen) atoms. The highest BCUT2D eigenvalue weighted by molar-refractivity contribution is 6.33. The number of hydrogen-bond donors (Lipinski definition) is 0. The van der Waals surface area contributed by atoms with Crippen molar-refractivity contribution >= 4 is 17.9 Å². The molecular weight excluding hydrogens is 258 g/mol. The second-order valence-electron chi connectivity index (χ2n) is 5.03. The fourth-order valence-corrected chi connectivity index (χ4v) is 2.89. The number of Topliss-reactive ketones (excluding diaryl/α,β-unsaturated/α-hetero) is 1. The van der Waals surface area contributed by atoms with E-state index in [1.807, 2.05) is 14.0 Å². The lowest BCUT2D eigenvalue weighted by Crippen LogP contribution is -2.40. The van der Waals surface area contributed by atoms with Crippen LogP contribution in [0.3, 0.4) is 0 Å². The number of carbonyl (C=O) groups is 2. The number of aromatic nitrogens is 2. The topological polar surface area (TPSA) is 64.4 Å². The second kappa shape index (κ2) is 6.17. The third-order valence-corrected chi connectivity index (χ3v) is 3.83. The smallest absolute Gasteiger partial charge is 0.245 e. The van der Waals surface area contributed by atoms with Crippen molar-refractivity contribution in [1.82, 2.24) is 9.78 Å². The van der Waals surface area contributed by atoms with Crippen LogP contribution < -0.4 is 4.90 Å². The first-order chi connectivity index (χ1) is 9.60. The van der Waals surface area contributed by atoms with Gasteiger partial charge in [0.15, 0.2) is 6.29 Å². The Bertz CT molecular complexity index is 504.